The summed E-state index contributed by atoms with van der Waals surface area (Å²) in [5, 5.41) is 12.7. The van der Waals surface area contributed by atoms with E-state index in [0.29, 0.717) is 18.4 Å². The Kier molecular flexibility index (Phi) is 6.28. The first kappa shape index (κ1) is 23.3. The third-order valence-corrected chi connectivity index (χ3v) is 5.56. The molecule has 3 aromatic heterocycles. The fourth-order valence-electron chi connectivity index (χ4n) is 3.89. The number of furan rings is 1. The highest BCUT2D eigenvalue weighted by Gasteiger charge is 2.22. The number of halogens is 4. The van der Waals surface area contributed by atoms with Gasteiger partial charge in [0.1, 0.15) is 17.1 Å². The summed E-state index contributed by atoms with van der Waals surface area (Å²) < 4.78 is 60.0. The van der Waals surface area contributed by atoms with Crippen LogP contribution in [-0.2, 0) is 13.1 Å². The molecule has 0 saturated heterocycles. The van der Waals surface area contributed by atoms with Gasteiger partial charge >= 0.3 is 0 Å². The summed E-state index contributed by atoms with van der Waals surface area (Å²) in [6, 6.07) is 19.1. The van der Waals surface area contributed by atoms with Gasteiger partial charge in [-0.1, -0.05) is 42.5 Å². The Morgan fingerprint density at radius 3 is 2.53 bits per heavy atom. The predicted molar refractivity (Wildman–Crippen MR) is 123 cm³/mol. The van der Waals surface area contributed by atoms with Gasteiger partial charge in [-0.15, -0.1) is 0 Å². The molecule has 0 unspecified atom stereocenters. The van der Waals surface area contributed by atoms with E-state index in [2.05, 4.69) is 15.5 Å². The number of hydrogen-bond acceptors (Lipinski definition) is 4. The van der Waals surface area contributed by atoms with Crippen molar-refractivity contribution in [1.29, 1.82) is 0 Å². The van der Waals surface area contributed by atoms with Gasteiger partial charge in [0.05, 0.1) is 13.1 Å². The molecular formula is C25H19F4N5O2. The second kappa shape index (κ2) is 9.68. The van der Waals surface area contributed by atoms with E-state index in [1.54, 1.807) is 16.9 Å². The maximum atomic E-state index is 13.2. The van der Waals surface area contributed by atoms with E-state index < -0.39 is 30.1 Å². The van der Waals surface area contributed by atoms with E-state index in [9.17, 15) is 22.4 Å². The number of hydrogen-bond donors (Lipinski definition) is 1. The molecule has 0 spiro atoms. The van der Waals surface area contributed by atoms with Crippen LogP contribution in [0.5, 0.6) is 0 Å². The summed E-state index contributed by atoms with van der Waals surface area (Å²) in [6.45, 7) is 0.165. The maximum Gasteiger partial charge on any atom is 0.292 e. The van der Waals surface area contributed by atoms with Crippen LogP contribution in [0, 0.1) is 0 Å². The van der Waals surface area contributed by atoms with Crippen LogP contribution in [0.25, 0.3) is 10.8 Å². The summed E-state index contributed by atoms with van der Waals surface area (Å²) >= 11 is 0. The van der Waals surface area contributed by atoms with Crippen molar-refractivity contribution in [3.63, 3.8) is 0 Å². The highest BCUT2D eigenvalue weighted by atomic mass is 19.3. The Hall–Kier alpha value is -4.41. The Morgan fingerprint density at radius 2 is 1.72 bits per heavy atom. The number of alkyl halides is 4. The number of fused-ring (bicyclic) bond motifs is 1. The molecule has 1 amide bonds. The number of carbonyl (C=O) groups is 1. The molecule has 0 aliphatic heterocycles. The summed E-state index contributed by atoms with van der Waals surface area (Å²) in [7, 11) is 0. The topological polar surface area (TPSA) is 77.9 Å². The zero-order chi connectivity index (χ0) is 25.2. The maximum absolute atomic E-state index is 13.2. The lowest BCUT2D eigenvalue weighted by Crippen LogP contribution is -2.12. The predicted octanol–water partition coefficient (Wildman–Crippen LogP) is 6.05. The summed E-state index contributed by atoms with van der Waals surface area (Å²) in [6.07, 6.45) is -4.25. The molecular weight excluding hydrogens is 478 g/mol. The third kappa shape index (κ3) is 4.85. The molecule has 0 saturated carbocycles. The average Bonchev–Trinajstić information content (AvgIpc) is 3.60. The van der Waals surface area contributed by atoms with Crippen molar-refractivity contribution < 1.29 is 26.8 Å². The fraction of sp³-hybridized carbons (Fsp3) is 0.160. The smallest absolute Gasteiger partial charge is 0.292 e. The average molecular weight is 497 g/mol. The third-order valence-electron chi connectivity index (χ3n) is 5.56. The first-order valence-corrected chi connectivity index (χ1v) is 10.9. The molecule has 11 heteroatoms. The minimum atomic E-state index is -2.99. The van der Waals surface area contributed by atoms with Crippen LogP contribution in [0.1, 0.15) is 46.1 Å². The number of carbonyl (C=O) groups excluding carboxylic acids is 1. The molecule has 36 heavy (non-hydrogen) atoms. The number of nitrogens with one attached hydrogen (secondary N) is 1. The molecule has 7 nitrogen and oxygen atoms in total. The van der Waals surface area contributed by atoms with Crippen LogP contribution in [-0.4, -0.2) is 25.5 Å². The summed E-state index contributed by atoms with van der Waals surface area (Å²) in [4.78, 5) is 12.6. The highest BCUT2D eigenvalue weighted by molar-refractivity contribution is 6.01. The van der Waals surface area contributed by atoms with Crippen molar-refractivity contribution in [1.82, 2.24) is 19.6 Å². The monoisotopic (exact) mass is 497 g/mol. The van der Waals surface area contributed by atoms with E-state index in [1.807, 2.05) is 42.5 Å². The second-order valence-electron chi connectivity index (χ2n) is 8.01. The molecule has 1 N–H and O–H groups in total. The molecule has 5 aromatic rings. The van der Waals surface area contributed by atoms with Crippen molar-refractivity contribution in [2.75, 3.05) is 5.32 Å². The lowest BCUT2D eigenvalue weighted by molar-refractivity contribution is 0.0993. The van der Waals surface area contributed by atoms with Crippen molar-refractivity contribution in [2.45, 2.75) is 25.9 Å². The van der Waals surface area contributed by atoms with E-state index in [0.717, 1.165) is 21.0 Å². The molecule has 0 atom stereocenters. The SMILES string of the molecule is O=C(Nc1ccn(Cc2cccc3ccccc23)n1)c1ccc(Cn2nc(C(F)F)cc2C(F)F)o1. The van der Waals surface area contributed by atoms with Gasteiger partial charge in [0, 0.05) is 12.3 Å². The molecule has 0 radical (unpaired) electrons. The number of rotatable bonds is 8. The van der Waals surface area contributed by atoms with Crippen LogP contribution in [0.15, 0.2) is 77.3 Å². The Morgan fingerprint density at radius 1 is 0.917 bits per heavy atom. The number of amides is 1. The van der Waals surface area contributed by atoms with Crippen molar-refractivity contribution in [3.05, 3.63) is 101 Å². The van der Waals surface area contributed by atoms with Gasteiger partial charge in [-0.25, -0.2) is 17.6 Å². The quantitative estimate of drug-likeness (QED) is 0.265. The molecule has 3 heterocycles. The Labute approximate surface area is 201 Å². The molecule has 2 aromatic carbocycles. The number of aromatic nitrogens is 4. The van der Waals surface area contributed by atoms with Crippen molar-refractivity contribution in [3.8, 4) is 0 Å². The Bertz CT molecular complexity index is 1520. The molecule has 0 fully saturated rings. The van der Waals surface area contributed by atoms with Crippen LogP contribution in [0.3, 0.4) is 0 Å². The van der Waals surface area contributed by atoms with E-state index in [4.69, 9.17) is 4.42 Å². The van der Waals surface area contributed by atoms with Gasteiger partial charge in [-0.3, -0.25) is 14.2 Å². The van der Waals surface area contributed by atoms with E-state index >= 15 is 0 Å². The zero-order valence-electron chi connectivity index (χ0n) is 18.6. The zero-order valence-corrected chi connectivity index (χ0v) is 18.6. The minimum absolute atomic E-state index is 0.0894. The number of benzene rings is 2. The molecule has 184 valence electrons. The van der Waals surface area contributed by atoms with Crippen LogP contribution >= 0.6 is 0 Å². The summed E-state index contributed by atoms with van der Waals surface area (Å²) in [5.74, 6) is -0.285. The van der Waals surface area contributed by atoms with E-state index in [1.165, 1.54) is 12.1 Å². The minimum Gasteiger partial charge on any atom is -0.454 e. The van der Waals surface area contributed by atoms with Crippen molar-refractivity contribution in [2.24, 2.45) is 0 Å². The van der Waals surface area contributed by atoms with Gasteiger partial charge in [-0.2, -0.15) is 10.2 Å². The second-order valence-corrected chi connectivity index (χ2v) is 8.01. The fourth-order valence-corrected chi connectivity index (χ4v) is 3.89. The normalized spacial score (nSPS) is 11.6. The lowest BCUT2D eigenvalue weighted by atomic mass is 10.0. The molecule has 0 aliphatic carbocycles. The van der Waals surface area contributed by atoms with Crippen LogP contribution in [0.2, 0.25) is 0 Å². The molecule has 0 bridgehead atoms. The van der Waals surface area contributed by atoms with Crippen LogP contribution in [0.4, 0.5) is 23.4 Å². The standard InChI is InChI=1S/C25H19F4N5O2/c26-23(27)19-12-20(24(28)29)34(31-19)14-17-8-9-21(36-17)25(35)30-22-10-11-33(32-22)13-16-6-3-5-15-4-1-2-7-18(15)16/h1-12,23-24H,13-14H2,(H,30,32,35). The van der Waals surface area contributed by atoms with Gasteiger partial charge < -0.3 is 9.73 Å². The van der Waals surface area contributed by atoms with Crippen LogP contribution < -0.4 is 5.32 Å². The Balaban J connectivity index is 1.26. The van der Waals surface area contributed by atoms with Crippen molar-refractivity contribution >= 4 is 22.5 Å². The van der Waals surface area contributed by atoms with E-state index in [-0.39, 0.29) is 18.1 Å². The molecule has 0 aliphatic rings. The van der Waals surface area contributed by atoms with Gasteiger partial charge in [0.15, 0.2) is 11.6 Å². The largest absolute Gasteiger partial charge is 0.454 e. The van der Waals surface area contributed by atoms with Gasteiger partial charge in [-0.05, 0) is 34.5 Å². The van der Waals surface area contributed by atoms with Gasteiger partial charge in [0.2, 0.25) is 0 Å². The first-order chi connectivity index (χ1) is 17.4. The van der Waals surface area contributed by atoms with Gasteiger partial charge in [0.25, 0.3) is 18.8 Å². The number of anilines is 1. The first-order valence-electron chi connectivity index (χ1n) is 10.9. The summed E-state index contributed by atoms with van der Waals surface area (Å²) in [5.41, 5.74) is -0.347. The lowest BCUT2D eigenvalue weighted by Gasteiger charge is -2.07. The highest BCUT2D eigenvalue weighted by Crippen LogP contribution is 2.26. The number of nitrogens with zero attached hydrogens (tertiary/aromatic N) is 4. The molecule has 5 rings (SSSR count).